The molecule has 3 rings (SSSR count). The van der Waals surface area contributed by atoms with Gasteiger partial charge in [0.1, 0.15) is 5.82 Å². The molecule has 2 nitrogen and oxygen atoms in total. The first-order valence-corrected chi connectivity index (χ1v) is 5.95. The van der Waals surface area contributed by atoms with Crippen molar-refractivity contribution < 1.29 is 9.13 Å². The average Bonchev–Trinajstić information content (AvgIpc) is 2.81. The van der Waals surface area contributed by atoms with Gasteiger partial charge in [-0.15, -0.1) is 0 Å². The van der Waals surface area contributed by atoms with Crippen molar-refractivity contribution >= 4 is 0 Å². The van der Waals surface area contributed by atoms with Crippen molar-refractivity contribution in [3.8, 4) is 0 Å². The Labute approximate surface area is 94.8 Å². The zero-order valence-electron chi connectivity index (χ0n) is 9.21. The van der Waals surface area contributed by atoms with E-state index in [0.29, 0.717) is 5.92 Å². The van der Waals surface area contributed by atoms with Gasteiger partial charge < -0.3 is 10.1 Å². The fourth-order valence-corrected chi connectivity index (χ4v) is 2.78. The lowest BCUT2D eigenvalue weighted by Gasteiger charge is -2.30. The van der Waals surface area contributed by atoms with Crippen LogP contribution in [0.1, 0.15) is 23.7 Å². The maximum absolute atomic E-state index is 13.1. The van der Waals surface area contributed by atoms with Crippen LogP contribution in [0.5, 0.6) is 0 Å². The van der Waals surface area contributed by atoms with Crippen molar-refractivity contribution in [2.24, 2.45) is 5.92 Å². The molecule has 0 amide bonds. The van der Waals surface area contributed by atoms with Gasteiger partial charge in [0, 0.05) is 12.5 Å². The summed E-state index contributed by atoms with van der Waals surface area (Å²) in [7, 11) is 0. The molecule has 1 aromatic carbocycles. The molecule has 1 unspecified atom stereocenters. The topological polar surface area (TPSA) is 21.3 Å². The second-order valence-electron chi connectivity index (χ2n) is 4.64. The molecule has 2 atom stereocenters. The highest BCUT2D eigenvalue weighted by Gasteiger charge is 2.30. The number of nitrogens with one attached hydrogen (secondary N) is 1. The van der Waals surface area contributed by atoms with E-state index in [1.807, 2.05) is 6.07 Å². The SMILES string of the molecule is Fc1ccc2c(c1)CCO[C@H]2C1CCNC1. The van der Waals surface area contributed by atoms with Crippen LogP contribution in [0, 0.1) is 11.7 Å². The molecular formula is C13H16FNO. The molecule has 3 heteroatoms. The number of hydrogen-bond acceptors (Lipinski definition) is 2. The summed E-state index contributed by atoms with van der Waals surface area (Å²) in [5.41, 5.74) is 2.32. The first kappa shape index (κ1) is 10.2. The standard InChI is InChI=1S/C13H16FNO/c14-11-1-2-12-9(7-11)4-6-16-13(12)10-3-5-15-8-10/h1-2,7,10,13,15H,3-6,8H2/t10?,13-/m0/s1. The lowest BCUT2D eigenvalue weighted by atomic mass is 9.89. The van der Waals surface area contributed by atoms with E-state index in [2.05, 4.69) is 5.32 Å². The zero-order chi connectivity index (χ0) is 11.0. The largest absolute Gasteiger partial charge is 0.373 e. The third-order valence-electron chi connectivity index (χ3n) is 3.61. The Bertz CT molecular complexity index is 388. The van der Waals surface area contributed by atoms with Gasteiger partial charge in [-0.3, -0.25) is 0 Å². The summed E-state index contributed by atoms with van der Waals surface area (Å²) < 4.78 is 19.0. The van der Waals surface area contributed by atoms with Crippen molar-refractivity contribution in [3.05, 3.63) is 35.1 Å². The molecule has 0 bridgehead atoms. The molecule has 2 heterocycles. The third-order valence-corrected chi connectivity index (χ3v) is 3.61. The van der Waals surface area contributed by atoms with E-state index in [1.54, 1.807) is 12.1 Å². The zero-order valence-corrected chi connectivity index (χ0v) is 9.21. The first-order chi connectivity index (χ1) is 7.84. The predicted molar refractivity (Wildman–Crippen MR) is 59.8 cm³/mol. The van der Waals surface area contributed by atoms with E-state index in [9.17, 15) is 4.39 Å². The van der Waals surface area contributed by atoms with E-state index in [-0.39, 0.29) is 11.9 Å². The number of ether oxygens (including phenoxy) is 1. The van der Waals surface area contributed by atoms with Crippen molar-refractivity contribution in [2.45, 2.75) is 18.9 Å². The Kier molecular flexibility index (Phi) is 2.65. The van der Waals surface area contributed by atoms with Crippen molar-refractivity contribution in [2.75, 3.05) is 19.7 Å². The van der Waals surface area contributed by atoms with Gasteiger partial charge in [0.05, 0.1) is 12.7 Å². The van der Waals surface area contributed by atoms with Crippen LogP contribution >= 0.6 is 0 Å². The molecule has 0 spiro atoms. The van der Waals surface area contributed by atoms with E-state index >= 15 is 0 Å². The predicted octanol–water partition coefficient (Wildman–Crippen LogP) is 2.05. The van der Waals surface area contributed by atoms with Gasteiger partial charge in [-0.25, -0.2) is 4.39 Å². The van der Waals surface area contributed by atoms with Gasteiger partial charge >= 0.3 is 0 Å². The summed E-state index contributed by atoms with van der Waals surface area (Å²) in [6.07, 6.45) is 2.16. The fraction of sp³-hybridized carbons (Fsp3) is 0.538. The van der Waals surface area contributed by atoms with Crippen LogP contribution in [0.15, 0.2) is 18.2 Å². The van der Waals surface area contributed by atoms with E-state index in [4.69, 9.17) is 4.74 Å². The normalized spacial score (nSPS) is 29.1. The van der Waals surface area contributed by atoms with Gasteiger partial charge in [-0.1, -0.05) is 6.07 Å². The summed E-state index contributed by atoms with van der Waals surface area (Å²) in [6.45, 7) is 2.81. The smallest absolute Gasteiger partial charge is 0.123 e. The molecule has 1 aromatic rings. The van der Waals surface area contributed by atoms with Crippen LogP contribution in [0.25, 0.3) is 0 Å². The molecule has 0 aromatic heterocycles. The Balaban J connectivity index is 1.93. The molecule has 0 radical (unpaired) electrons. The molecule has 86 valence electrons. The summed E-state index contributed by atoms with van der Waals surface area (Å²) in [5, 5.41) is 3.36. The monoisotopic (exact) mass is 221 g/mol. The molecule has 16 heavy (non-hydrogen) atoms. The minimum atomic E-state index is -0.135. The summed E-state index contributed by atoms with van der Waals surface area (Å²) in [5.74, 6) is 0.411. The van der Waals surface area contributed by atoms with Gasteiger partial charge in [0.25, 0.3) is 0 Å². The average molecular weight is 221 g/mol. The Morgan fingerprint density at radius 1 is 1.38 bits per heavy atom. The summed E-state index contributed by atoms with van der Waals surface area (Å²) in [6, 6.07) is 5.10. The maximum atomic E-state index is 13.1. The van der Waals surface area contributed by atoms with Crippen LogP contribution in [-0.4, -0.2) is 19.7 Å². The minimum Gasteiger partial charge on any atom is -0.373 e. The number of hydrogen-bond donors (Lipinski definition) is 1. The highest BCUT2D eigenvalue weighted by Crippen LogP contribution is 2.35. The molecule has 2 aliphatic rings. The molecule has 2 aliphatic heterocycles. The van der Waals surface area contributed by atoms with Gasteiger partial charge in [-0.2, -0.15) is 0 Å². The fourth-order valence-electron chi connectivity index (χ4n) is 2.78. The van der Waals surface area contributed by atoms with E-state index < -0.39 is 0 Å². The molecular weight excluding hydrogens is 205 g/mol. The number of benzene rings is 1. The number of rotatable bonds is 1. The second kappa shape index (κ2) is 4.15. The van der Waals surface area contributed by atoms with Crippen LogP contribution < -0.4 is 5.32 Å². The molecule has 1 N–H and O–H groups in total. The summed E-state index contributed by atoms with van der Waals surface area (Å²) in [4.78, 5) is 0. The minimum absolute atomic E-state index is 0.135. The van der Waals surface area contributed by atoms with Crippen molar-refractivity contribution in [1.82, 2.24) is 5.32 Å². The number of fused-ring (bicyclic) bond motifs is 1. The quantitative estimate of drug-likeness (QED) is 0.783. The highest BCUT2D eigenvalue weighted by molar-refractivity contribution is 5.32. The maximum Gasteiger partial charge on any atom is 0.123 e. The number of halogens is 1. The van der Waals surface area contributed by atoms with Gasteiger partial charge in [-0.05, 0) is 42.6 Å². The second-order valence-corrected chi connectivity index (χ2v) is 4.64. The van der Waals surface area contributed by atoms with Crippen LogP contribution in [0.2, 0.25) is 0 Å². The summed E-state index contributed by atoms with van der Waals surface area (Å²) >= 11 is 0. The lowest BCUT2D eigenvalue weighted by Crippen LogP contribution is -2.25. The molecule has 0 saturated carbocycles. The Hall–Kier alpha value is -0.930. The van der Waals surface area contributed by atoms with Crippen LogP contribution in [0.3, 0.4) is 0 Å². The van der Waals surface area contributed by atoms with Crippen molar-refractivity contribution in [3.63, 3.8) is 0 Å². The van der Waals surface area contributed by atoms with E-state index in [1.165, 1.54) is 5.56 Å². The van der Waals surface area contributed by atoms with Crippen LogP contribution in [-0.2, 0) is 11.2 Å². The molecule has 1 saturated heterocycles. The Morgan fingerprint density at radius 2 is 2.31 bits per heavy atom. The molecule has 0 aliphatic carbocycles. The molecule has 1 fully saturated rings. The van der Waals surface area contributed by atoms with Gasteiger partial charge in [0.15, 0.2) is 0 Å². The van der Waals surface area contributed by atoms with Crippen LogP contribution in [0.4, 0.5) is 4.39 Å². The third kappa shape index (κ3) is 1.74. The first-order valence-electron chi connectivity index (χ1n) is 5.95. The Morgan fingerprint density at radius 3 is 3.12 bits per heavy atom. The lowest BCUT2D eigenvalue weighted by molar-refractivity contribution is 0.00656. The van der Waals surface area contributed by atoms with Crippen molar-refractivity contribution in [1.29, 1.82) is 0 Å². The van der Waals surface area contributed by atoms with E-state index in [0.717, 1.165) is 38.1 Å². The van der Waals surface area contributed by atoms with Gasteiger partial charge in [0.2, 0.25) is 0 Å². The highest BCUT2D eigenvalue weighted by atomic mass is 19.1.